The smallest absolute Gasteiger partial charge is 0.195 e. The van der Waals surface area contributed by atoms with Crippen LogP contribution in [0, 0.1) is 4.77 Å². The Labute approximate surface area is 111 Å². The van der Waals surface area contributed by atoms with Crippen LogP contribution >= 0.6 is 23.6 Å². The van der Waals surface area contributed by atoms with Crippen molar-refractivity contribution in [1.82, 2.24) is 14.8 Å². The molecule has 17 heavy (non-hydrogen) atoms. The van der Waals surface area contributed by atoms with Gasteiger partial charge in [-0.15, -0.1) is 11.3 Å². The van der Waals surface area contributed by atoms with Gasteiger partial charge in [0.05, 0.1) is 4.88 Å². The average molecular weight is 287 g/mol. The number of rotatable bonds is 4. The molecular weight excluding hydrogens is 274 g/mol. The highest BCUT2D eigenvalue weighted by Gasteiger charge is 2.15. The van der Waals surface area contributed by atoms with E-state index in [1.54, 1.807) is 17.6 Å². The third-order valence-electron chi connectivity index (χ3n) is 2.36. The molecule has 0 fully saturated rings. The Bertz CT molecular complexity index is 570. The molecule has 0 aliphatic carbocycles. The minimum Gasteiger partial charge on any atom is -0.296 e. The zero-order chi connectivity index (χ0) is 12.4. The number of nitrogens with zero attached hydrogens (tertiary/aromatic N) is 2. The van der Waals surface area contributed by atoms with Crippen molar-refractivity contribution in [2.75, 3.05) is 12.0 Å². The second-order valence-corrected chi connectivity index (χ2v) is 6.60. The van der Waals surface area contributed by atoms with Gasteiger partial charge in [-0.3, -0.25) is 13.9 Å². The Morgan fingerprint density at radius 2 is 2.47 bits per heavy atom. The van der Waals surface area contributed by atoms with Crippen LogP contribution in [0.25, 0.3) is 10.7 Å². The van der Waals surface area contributed by atoms with E-state index in [1.807, 2.05) is 29.0 Å². The SMILES string of the molecule is CC(CS(C)=O)n1c(-c2cccs2)n[nH]c1=S. The minimum atomic E-state index is -0.849. The number of hydrogen-bond acceptors (Lipinski definition) is 4. The van der Waals surface area contributed by atoms with E-state index in [4.69, 9.17) is 12.2 Å². The highest BCUT2D eigenvalue weighted by molar-refractivity contribution is 7.84. The molecule has 0 bridgehead atoms. The molecule has 7 heteroatoms. The van der Waals surface area contributed by atoms with Crippen molar-refractivity contribution in [2.24, 2.45) is 0 Å². The topological polar surface area (TPSA) is 50.7 Å². The number of hydrogen-bond donors (Lipinski definition) is 1. The van der Waals surface area contributed by atoms with E-state index >= 15 is 0 Å². The molecule has 2 unspecified atom stereocenters. The monoisotopic (exact) mass is 287 g/mol. The predicted molar refractivity (Wildman–Crippen MR) is 74.4 cm³/mol. The van der Waals surface area contributed by atoms with Gasteiger partial charge < -0.3 is 0 Å². The Kier molecular flexibility index (Phi) is 3.90. The molecule has 2 heterocycles. The first-order chi connectivity index (χ1) is 8.09. The number of nitrogens with one attached hydrogen (secondary N) is 1. The van der Waals surface area contributed by atoms with Crippen molar-refractivity contribution in [3.63, 3.8) is 0 Å². The molecule has 92 valence electrons. The van der Waals surface area contributed by atoms with Crippen LogP contribution in [-0.2, 0) is 10.8 Å². The van der Waals surface area contributed by atoms with Crippen LogP contribution in [-0.4, -0.2) is 31.0 Å². The normalized spacial score (nSPS) is 14.7. The van der Waals surface area contributed by atoms with Gasteiger partial charge >= 0.3 is 0 Å². The van der Waals surface area contributed by atoms with Gasteiger partial charge in [0.25, 0.3) is 0 Å². The summed E-state index contributed by atoms with van der Waals surface area (Å²) in [5, 5.41) is 9.05. The van der Waals surface area contributed by atoms with Crippen LogP contribution in [0.15, 0.2) is 17.5 Å². The van der Waals surface area contributed by atoms with Crippen LogP contribution < -0.4 is 0 Å². The third-order valence-corrected chi connectivity index (χ3v) is 4.47. The summed E-state index contributed by atoms with van der Waals surface area (Å²) in [6, 6.07) is 4.05. The first kappa shape index (κ1) is 12.7. The fourth-order valence-corrected chi connectivity index (χ4v) is 3.56. The summed E-state index contributed by atoms with van der Waals surface area (Å²) in [5.74, 6) is 1.40. The lowest BCUT2D eigenvalue weighted by atomic mass is 10.3. The van der Waals surface area contributed by atoms with Crippen molar-refractivity contribution in [3.8, 4) is 10.7 Å². The highest BCUT2D eigenvalue weighted by Crippen LogP contribution is 2.25. The number of aromatic amines is 1. The summed E-state index contributed by atoms with van der Waals surface area (Å²) >= 11 is 6.84. The third kappa shape index (κ3) is 2.72. The van der Waals surface area contributed by atoms with Gasteiger partial charge in [-0.25, -0.2) is 0 Å². The van der Waals surface area contributed by atoms with Gasteiger partial charge in [0.1, 0.15) is 0 Å². The van der Waals surface area contributed by atoms with Gasteiger partial charge in [-0.1, -0.05) is 6.07 Å². The van der Waals surface area contributed by atoms with E-state index in [0.29, 0.717) is 10.5 Å². The average Bonchev–Trinajstić information content (AvgIpc) is 2.84. The lowest BCUT2D eigenvalue weighted by Crippen LogP contribution is -2.14. The molecular formula is C10H13N3OS3. The summed E-state index contributed by atoms with van der Waals surface area (Å²) in [4.78, 5) is 1.06. The van der Waals surface area contributed by atoms with Gasteiger partial charge in [0.15, 0.2) is 10.6 Å². The van der Waals surface area contributed by atoms with Crippen LogP contribution in [0.5, 0.6) is 0 Å². The van der Waals surface area contributed by atoms with Gasteiger partial charge in [-0.05, 0) is 30.6 Å². The van der Waals surface area contributed by atoms with Crippen LogP contribution in [0.2, 0.25) is 0 Å². The zero-order valence-corrected chi connectivity index (χ0v) is 12.0. The van der Waals surface area contributed by atoms with Gasteiger partial charge in [0, 0.05) is 28.9 Å². The maximum Gasteiger partial charge on any atom is 0.195 e. The molecule has 2 atom stereocenters. The molecule has 0 aliphatic rings. The summed E-state index contributed by atoms with van der Waals surface area (Å²) in [6.07, 6.45) is 1.70. The molecule has 0 spiro atoms. The van der Waals surface area contributed by atoms with Crippen molar-refractivity contribution in [2.45, 2.75) is 13.0 Å². The molecule has 2 rings (SSSR count). The van der Waals surface area contributed by atoms with E-state index in [9.17, 15) is 4.21 Å². The Balaban J connectivity index is 2.43. The van der Waals surface area contributed by atoms with E-state index in [-0.39, 0.29) is 6.04 Å². The van der Waals surface area contributed by atoms with Crippen LogP contribution in [0.4, 0.5) is 0 Å². The number of H-pyrrole nitrogens is 1. The maximum absolute atomic E-state index is 11.3. The largest absolute Gasteiger partial charge is 0.296 e. The quantitative estimate of drug-likeness (QED) is 0.879. The Morgan fingerprint density at radius 3 is 3.06 bits per heavy atom. The highest BCUT2D eigenvalue weighted by atomic mass is 32.2. The fourth-order valence-electron chi connectivity index (χ4n) is 1.71. The van der Waals surface area contributed by atoms with E-state index in [0.717, 1.165) is 10.7 Å². The predicted octanol–water partition coefficient (Wildman–Crippen LogP) is 2.61. The summed E-state index contributed by atoms with van der Waals surface area (Å²) < 4.78 is 13.8. The molecule has 0 amide bonds. The molecule has 0 radical (unpaired) electrons. The molecule has 0 saturated carbocycles. The molecule has 4 nitrogen and oxygen atoms in total. The Hall–Kier alpha value is -0.790. The zero-order valence-electron chi connectivity index (χ0n) is 9.54. The molecule has 2 aromatic heterocycles. The van der Waals surface area contributed by atoms with Crippen molar-refractivity contribution >= 4 is 34.4 Å². The Morgan fingerprint density at radius 1 is 1.71 bits per heavy atom. The standard InChI is InChI=1S/C10H13N3OS3/c1-7(6-17(2)14)13-9(11-12-10(13)15)8-4-3-5-16-8/h3-5,7H,6H2,1-2H3,(H,12,15). The molecule has 0 aromatic carbocycles. The van der Waals surface area contributed by atoms with Crippen molar-refractivity contribution < 1.29 is 4.21 Å². The second kappa shape index (κ2) is 5.24. The molecule has 2 aromatic rings. The van der Waals surface area contributed by atoms with Crippen molar-refractivity contribution in [3.05, 3.63) is 22.3 Å². The van der Waals surface area contributed by atoms with Crippen molar-refractivity contribution in [1.29, 1.82) is 0 Å². The van der Waals surface area contributed by atoms with Gasteiger partial charge in [0.2, 0.25) is 0 Å². The molecule has 1 N–H and O–H groups in total. The first-order valence-electron chi connectivity index (χ1n) is 5.10. The minimum absolute atomic E-state index is 0.0733. The maximum atomic E-state index is 11.3. The van der Waals surface area contributed by atoms with Gasteiger partial charge in [-0.2, -0.15) is 5.10 Å². The number of thiophene rings is 1. The van der Waals surface area contributed by atoms with E-state index < -0.39 is 10.8 Å². The van der Waals surface area contributed by atoms with Crippen LogP contribution in [0.1, 0.15) is 13.0 Å². The summed E-state index contributed by atoms with van der Waals surface area (Å²) in [6.45, 7) is 2.00. The van der Waals surface area contributed by atoms with E-state index in [2.05, 4.69) is 10.2 Å². The second-order valence-electron chi connectivity index (χ2n) is 3.79. The summed E-state index contributed by atoms with van der Waals surface area (Å²) in [7, 11) is -0.849. The molecule has 0 aliphatic heterocycles. The number of aromatic nitrogens is 3. The fraction of sp³-hybridized carbons (Fsp3) is 0.400. The summed E-state index contributed by atoms with van der Waals surface area (Å²) in [5.41, 5.74) is 0. The lowest BCUT2D eigenvalue weighted by molar-refractivity contribution is 0.595. The van der Waals surface area contributed by atoms with E-state index in [1.165, 1.54) is 0 Å². The first-order valence-corrected chi connectivity index (χ1v) is 8.12. The van der Waals surface area contributed by atoms with Crippen LogP contribution in [0.3, 0.4) is 0 Å². The molecule has 0 saturated heterocycles. The lowest BCUT2D eigenvalue weighted by Gasteiger charge is -2.13.